The van der Waals surface area contributed by atoms with Crippen LogP contribution < -0.4 is 4.90 Å². The number of allylic oxidation sites excluding steroid dienone is 4. The number of para-hydroxylation sites is 2. The molecule has 1 heterocycles. The molecule has 0 bridgehead atoms. The lowest BCUT2D eigenvalue weighted by atomic mass is 9.92. The van der Waals surface area contributed by atoms with E-state index in [1.807, 2.05) is 0 Å². The van der Waals surface area contributed by atoms with E-state index < -0.39 is 0 Å². The number of anilines is 3. The van der Waals surface area contributed by atoms with Crippen molar-refractivity contribution in [2.45, 2.75) is 19.3 Å². The van der Waals surface area contributed by atoms with Crippen LogP contribution in [0.2, 0.25) is 0 Å². The summed E-state index contributed by atoms with van der Waals surface area (Å²) < 4.78 is 2.47. The van der Waals surface area contributed by atoms with Gasteiger partial charge in [0.15, 0.2) is 0 Å². The van der Waals surface area contributed by atoms with Gasteiger partial charge in [0.1, 0.15) is 0 Å². The smallest absolute Gasteiger partial charge is 0.0619 e. The van der Waals surface area contributed by atoms with Gasteiger partial charge in [0.25, 0.3) is 0 Å². The lowest BCUT2D eigenvalue weighted by Crippen LogP contribution is -2.10. The summed E-state index contributed by atoms with van der Waals surface area (Å²) in [6, 6.07) is 57.8. The van der Waals surface area contributed by atoms with Crippen LogP contribution in [0.3, 0.4) is 0 Å². The second-order valence-electron chi connectivity index (χ2n) is 13.0. The summed E-state index contributed by atoms with van der Waals surface area (Å²) in [7, 11) is 0. The third kappa shape index (κ3) is 5.14. The third-order valence-corrected chi connectivity index (χ3v) is 9.99. The highest BCUT2D eigenvalue weighted by Crippen LogP contribution is 2.41. The van der Waals surface area contributed by atoms with Gasteiger partial charge >= 0.3 is 0 Å². The van der Waals surface area contributed by atoms with Crippen molar-refractivity contribution < 1.29 is 0 Å². The highest BCUT2D eigenvalue weighted by atomic mass is 15.1. The Morgan fingerprint density at radius 2 is 1.20 bits per heavy atom. The van der Waals surface area contributed by atoms with Crippen LogP contribution in [-0.4, -0.2) is 4.57 Å². The van der Waals surface area contributed by atoms with Crippen LogP contribution in [0.1, 0.15) is 23.5 Å². The average Bonchev–Trinajstić information content (AvgIpc) is 3.51. The SMILES string of the molecule is Cc1ccc(N(c2ccc(-c3ccccc3-n3c4ccccc4c4ccc5ccccc5c43)cc2)c2ccc(C3C=CC=CC3)cc2)cc1. The fourth-order valence-electron chi connectivity index (χ4n) is 7.52. The molecule has 8 aromatic rings. The molecule has 0 radical (unpaired) electrons. The third-order valence-electron chi connectivity index (χ3n) is 9.99. The van der Waals surface area contributed by atoms with Gasteiger partial charge in [-0.2, -0.15) is 0 Å². The van der Waals surface area contributed by atoms with Gasteiger partial charge < -0.3 is 9.47 Å². The van der Waals surface area contributed by atoms with Crippen molar-refractivity contribution in [3.05, 3.63) is 193 Å². The van der Waals surface area contributed by atoms with Crippen molar-refractivity contribution in [3.8, 4) is 16.8 Å². The maximum atomic E-state index is 2.47. The van der Waals surface area contributed by atoms with E-state index in [4.69, 9.17) is 0 Å². The molecule has 1 atom stereocenters. The van der Waals surface area contributed by atoms with Crippen molar-refractivity contribution >= 4 is 49.6 Å². The number of aromatic nitrogens is 1. The minimum atomic E-state index is 0.429. The molecule has 1 aliphatic rings. The number of benzene rings is 7. The molecule has 49 heavy (non-hydrogen) atoms. The monoisotopic (exact) mass is 628 g/mol. The Bertz CT molecular complexity index is 2510. The van der Waals surface area contributed by atoms with Gasteiger partial charge in [0, 0.05) is 44.7 Å². The van der Waals surface area contributed by atoms with Gasteiger partial charge in [-0.1, -0.05) is 139 Å². The maximum absolute atomic E-state index is 2.47. The van der Waals surface area contributed by atoms with E-state index in [2.05, 4.69) is 198 Å². The molecule has 7 aromatic carbocycles. The Balaban J connectivity index is 1.16. The first-order valence-corrected chi connectivity index (χ1v) is 17.1. The number of rotatable bonds is 6. The van der Waals surface area contributed by atoms with Gasteiger partial charge in [-0.25, -0.2) is 0 Å². The van der Waals surface area contributed by atoms with Crippen molar-refractivity contribution in [2.24, 2.45) is 0 Å². The normalized spacial score (nSPS) is 14.2. The zero-order valence-electron chi connectivity index (χ0n) is 27.5. The summed E-state index contributed by atoms with van der Waals surface area (Å²) in [6.45, 7) is 2.14. The van der Waals surface area contributed by atoms with Gasteiger partial charge in [-0.15, -0.1) is 0 Å². The Morgan fingerprint density at radius 1 is 0.551 bits per heavy atom. The number of fused-ring (bicyclic) bond motifs is 5. The molecule has 1 aromatic heterocycles. The second kappa shape index (κ2) is 12.2. The summed E-state index contributed by atoms with van der Waals surface area (Å²) in [5, 5.41) is 5.05. The van der Waals surface area contributed by atoms with Gasteiger partial charge in [-0.05, 0) is 78.4 Å². The van der Waals surface area contributed by atoms with E-state index in [1.165, 1.54) is 60.5 Å². The van der Waals surface area contributed by atoms with Crippen molar-refractivity contribution in [2.75, 3.05) is 4.90 Å². The van der Waals surface area contributed by atoms with Crippen molar-refractivity contribution in [1.29, 1.82) is 0 Å². The lowest BCUT2D eigenvalue weighted by molar-refractivity contribution is 0.854. The number of hydrogen-bond acceptors (Lipinski definition) is 1. The van der Waals surface area contributed by atoms with Crippen LogP contribution in [-0.2, 0) is 0 Å². The predicted octanol–water partition coefficient (Wildman–Crippen LogP) is 13.0. The van der Waals surface area contributed by atoms with Crippen LogP contribution >= 0.6 is 0 Å². The standard InChI is InChI=1S/C47H36N2/c1-33-19-26-38(27-20-33)48(39-28-21-35(22-29-39)34-11-3-2-4-12-34)40-30-23-37(24-31-40)41-14-7-9-17-45(41)49-46-18-10-8-16-43(46)44-32-25-36-13-5-6-15-42(36)47(44)49/h2-11,13-32,34H,12H2,1H3. The molecule has 1 unspecified atom stereocenters. The first-order valence-electron chi connectivity index (χ1n) is 17.1. The zero-order chi connectivity index (χ0) is 32.7. The molecule has 0 fully saturated rings. The minimum absolute atomic E-state index is 0.429. The van der Waals surface area contributed by atoms with E-state index in [0.29, 0.717) is 5.92 Å². The summed E-state index contributed by atoms with van der Waals surface area (Å²) in [6.07, 6.45) is 9.89. The minimum Gasteiger partial charge on any atom is -0.311 e. The fourth-order valence-corrected chi connectivity index (χ4v) is 7.52. The van der Waals surface area contributed by atoms with E-state index >= 15 is 0 Å². The molecule has 0 N–H and O–H groups in total. The van der Waals surface area contributed by atoms with Crippen LogP contribution in [0.25, 0.3) is 49.4 Å². The molecule has 0 amide bonds. The molecule has 9 rings (SSSR count). The van der Waals surface area contributed by atoms with Gasteiger partial charge in [0.05, 0.1) is 16.7 Å². The van der Waals surface area contributed by atoms with E-state index in [0.717, 1.165) is 23.5 Å². The number of hydrogen-bond donors (Lipinski definition) is 0. The van der Waals surface area contributed by atoms with E-state index in [9.17, 15) is 0 Å². The van der Waals surface area contributed by atoms with E-state index in [1.54, 1.807) is 0 Å². The summed E-state index contributed by atoms with van der Waals surface area (Å²) in [5.74, 6) is 0.429. The first kappa shape index (κ1) is 29.1. The Labute approximate surface area is 287 Å². The molecule has 0 saturated heterocycles. The Morgan fingerprint density at radius 3 is 1.96 bits per heavy atom. The van der Waals surface area contributed by atoms with Crippen molar-refractivity contribution in [1.82, 2.24) is 4.57 Å². The highest BCUT2D eigenvalue weighted by molar-refractivity contribution is 6.18. The van der Waals surface area contributed by atoms with Gasteiger partial charge in [-0.3, -0.25) is 0 Å². The molecule has 0 saturated carbocycles. The van der Waals surface area contributed by atoms with E-state index in [-0.39, 0.29) is 0 Å². The lowest BCUT2D eigenvalue weighted by Gasteiger charge is -2.26. The zero-order valence-corrected chi connectivity index (χ0v) is 27.5. The van der Waals surface area contributed by atoms with Crippen LogP contribution in [0.4, 0.5) is 17.1 Å². The number of nitrogens with zero attached hydrogens (tertiary/aromatic N) is 2. The fraction of sp³-hybridized carbons (Fsp3) is 0.0638. The predicted molar refractivity (Wildman–Crippen MR) is 209 cm³/mol. The molecule has 234 valence electrons. The largest absolute Gasteiger partial charge is 0.311 e. The Kier molecular flexibility index (Phi) is 7.21. The van der Waals surface area contributed by atoms with Crippen molar-refractivity contribution in [3.63, 3.8) is 0 Å². The molecule has 2 heteroatoms. The van der Waals surface area contributed by atoms with Crippen LogP contribution in [0, 0.1) is 6.92 Å². The topological polar surface area (TPSA) is 8.17 Å². The molecule has 2 nitrogen and oxygen atoms in total. The molecule has 0 aliphatic heterocycles. The van der Waals surface area contributed by atoms with Gasteiger partial charge in [0.2, 0.25) is 0 Å². The molecule has 0 spiro atoms. The summed E-state index contributed by atoms with van der Waals surface area (Å²) in [5.41, 5.74) is 12.0. The van der Waals surface area contributed by atoms with Crippen LogP contribution in [0.15, 0.2) is 182 Å². The Hall–Kier alpha value is -6.12. The molecular formula is C47H36N2. The number of aryl methyl sites for hydroxylation is 1. The summed E-state index contributed by atoms with van der Waals surface area (Å²) >= 11 is 0. The highest BCUT2D eigenvalue weighted by Gasteiger charge is 2.19. The quantitative estimate of drug-likeness (QED) is 0.178. The first-order chi connectivity index (χ1) is 24.2. The summed E-state index contributed by atoms with van der Waals surface area (Å²) in [4.78, 5) is 2.36. The molecular weight excluding hydrogens is 593 g/mol. The molecule has 1 aliphatic carbocycles. The average molecular weight is 629 g/mol. The van der Waals surface area contributed by atoms with Crippen LogP contribution in [0.5, 0.6) is 0 Å². The maximum Gasteiger partial charge on any atom is 0.0619 e. The second-order valence-corrected chi connectivity index (χ2v) is 13.0.